The zero-order valence-electron chi connectivity index (χ0n) is 13.0. The standard InChI is InChI=1S/C13H18N6O3.ClH/c1-16-8-15-11-10(16)12(21)19(13(22)17(11)2)7-9(20)18-5-3-14-4-6-18;/h8,14H,3-7H2,1-2H3;1H. The third-order valence-corrected chi connectivity index (χ3v) is 3.96. The third kappa shape index (κ3) is 2.89. The lowest BCUT2D eigenvalue weighted by Crippen LogP contribution is -2.50. The Kier molecular flexibility index (Phi) is 4.90. The van der Waals surface area contributed by atoms with Gasteiger partial charge < -0.3 is 14.8 Å². The molecule has 23 heavy (non-hydrogen) atoms. The smallest absolute Gasteiger partial charge is 0.332 e. The van der Waals surface area contributed by atoms with Crippen LogP contribution in [0.15, 0.2) is 15.9 Å². The highest BCUT2D eigenvalue weighted by Crippen LogP contribution is 2.03. The molecular formula is C13H19ClN6O3. The highest BCUT2D eigenvalue weighted by atomic mass is 35.5. The zero-order valence-corrected chi connectivity index (χ0v) is 13.8. The Balaban J connectivity index is 0.00000192. The molecule has 1 amide bonds. The Morgan fingerprint density at radius 1 is 1.26 bits per heavy atom. The number of halogens is 1. The van der Waals surface area contributed by atoms with E-state index in [9.17, 15) is 14.4 Å². The van der Waals surface area contributed by atoms with Crippen molar-refractivity contribution in [3.05, 3.63) is 27.2 Å². The van der Waals surface area contributed by atoms with E-state index in [4.69, 9.17) is 0 Å². The number of rotatable bonds is 2. The highest BCUT2D eigenvalue weighted by molar-refractivity contribution is 5.85. The van der Waals surface area contributed by atoms with Crippen molar-refractivity contribution in [3.63, 3.8) is 0 Å². The van der Waals surface area contributed by atoms with Gasteiger partial charge in [0, 0.05) is 40.3 Å². The molecule has 1 N–H and O–H groups in total. The van der Waals surface area contributed by atoms with Crippen LogP contribution < -0.4 is 16.6 Å². The zero-order chi connectivity index (χ0) is 15.9. The molecule has 0 unspecified atom stereocenters. The first-order valence-corrected chi connectivity index (χ1v) is 7.10. The molecule has 2 aromatic rings. The van der Waals surface area contributed by atoms with Crippen LogP contribution in [0.5, 0.6) is 0 Å². The van der Waals surface area contributed by atoms with Gasteiger partial charge in [0.15, 0.2) is 11.2 Å². The Morgan fingerprint density at radius 2 is 1.91 bits per heavy atom. The molecular weight excluding hydrogens is 324 g/mol. The van der Waals surface area contributed by atoms with Crippen LogP contribution in [0.2, 0.25) is 0 Å². The number of amides is 1. The fraction of sp³-hybridized carbons (Fsp3) is 0.538. The van der Waals surface area contributed by atoms with Crippen LogP contribution in [0.1, 0.15) is 0 Å². The SMILES string of the molecule is Cl.Cn1cnc2c1c(=O)n(CC(=O)N1CCNCC1)c(=O)n2C. The molecule has 1 aliphatic rings. The quantitative estimate of drug-likeness (QED) is 0.701. The van der Waals surface area contributed by atoms with Crippen LogP contribution in [0.4, 0.5) is 0 Å². The molecule has 0 bridgehead atoms. The highest BCUT2D eigenvalue weighted by Gasteiger charge is 2.21. The third-order valence-electron chi connectivity index (χ3n) is 3.96. The van der Waals surface area contributed by atoms with Gasteiger partial charge in [-0.3, -0.25) is 14.2 Å². The van der Waals surface area contributed by atoms with Crippen molar-refractivity contribution in [2.75, 3.05) is 26.2 Å². The van der Waals surface area contributed by atoms with Gasteiger partial charge in [0.25, 0.3) is 5.56 Å². The fourth-order valence-corrected chi connectivity index (χ4v) is 2.69. The van der Waals surface area contributed by atoms with E-state index >= 15 is 0 Å². The summed E-state index contributed by atoms with van der Waals surface area (Å²) in [6, 6.07) is 0. The van der Waals surface area contributed by atoms with E-state index < -0.39 is 11.2 Å². The lowest BCUT2D eigenvalue weighted by atomic mass is 10.3. The van der Waals surface area contributed by atoms with Gasteiger partial charge in [0.2, 0.25) is 5.91 Å². The van der Waals surface area contributed by atoms with Crippen molar-refractivity contribution < 1.29 is 4.79 Å². The molecule has 3 heterocycles. The molecule has 0 atom stereocenters. The van der Waals surface area contributed by atoms with Gasteiger partial charge in [0.1, 0.15) is 6.54 Å². The topological polar surface area (TPSA) is 94.2 Å². The number of hydrogen-bond acceptors (Lipinski definition) is 5. The number of aryl methyl sites for hydroxylation is 2. The summed E-state index contributed by atoms with van der Waals surface area (Å²) in [5.41, 5.74) is -0.375. The summed E-state index contributed by atoms with van der Waals surface area (Å²) >= 11 is 0. The molecule has 0 aliphatic carbocycles. The summed E-state index contributed by atoms with van der Waals surface area (Å²) in [5.74, 6) is -0.220. The fourth-order valence-electron chi connectivity index (χ4n) is 2.69. The van der Waals surface area contributed by atoms with Gasteiger partial charge in [0.05, 0.1) is 6.33 Å². The molecule has 1 fully saturated rings. The van der Waals surface area contributed by atoms with Crippen LogP contribution in [0.3, 0.4) is 0 Å². The van der Waals surface area contributed by atoms with Crippen LogP contribution in [0.25, 0.3) is 11.2 Å². The van der Waals surface area contributed by atoms with E-state index in [-0.39, 0.29) is 24.9 Å². The van der Waals surface area contributed by atoms with Gasteiger partial charge in [-0.05, 0) is 0 Å². The first-order valence-electron chi connectivity index (χ1n) is 7.10. The molecule has 0 saturated carbocycles. The second-order valence-corrected chi connectivity index (χ2v) is 5.39. The Hall–Kier alpha value is -2.13. The number of fused-ring (bicyclic) bond motifs is 1. The molecule has 2 aromatic heterocycles. The molecule has 1 aliphatic heterocycles. The van der Waals surface area contributed by atoms with Gasteiger partial charge in [-0.25, -0.2) is 14.3 Å². The van der Waals surface area contributed by atoms with E-state index in [0.29, 0.717) is 24.3 Å². The predicted octanol–water partition coefficient (Wildman–Crippen LogP) is -1.71. The first kappa shape index (κ1) is 17.2. The van der Waals surface area contributed by atoms with E-state index in [0.717, 1.165) is 17.7 Å². The number of carbonyl (C=O) groups is 1. The number of nitrogens with zero attached hydrogens (tertiary/aromatic N) is 5. The van der Waals surface area contributed by atoms with Crippen molar-refractivity contribution >= 4 is 29.5 Å². The molecule has 0 spiro atoms. The summed E-state index contributed by atoms with van der Waals surface area (Å²) in [6.07, 6.45) is 1.48. The maximum atomic E-state index is 12.5. The minimum Gasteiger partial charge on any atom is -0.339 e. The van der Waals surface area contributed by atoms with E-state index in [2.05, 4.69) is 10.3 Å². The first-order chi connectivity index (χ1) is 10.5. The Morgan fingerprint density at radius 3 is 2.57 bits per heavy atom. The molecule has 10 heteroatoms. The lowest BCUT2D eigenvalue weighted by Gasteiger charge is -2.27. The molecule has 3 rings (SSSR count). The molecule has 0 radical (unpaired) electrons. The average molecular weight is 343 g/mol. The largest absolute Gasteiger partial charge is 0.339 e. The van der Waals surface area contributed by atoms with Crippen molar-refractivity contribution in [3.8, 4) is 0 Å². The van der Waals surface area contributed by atoms with Crippen LogP contribution in [0, 0.1) is 0 Å². The molecule has 126 valence electrons. The summed E-state index contributed by atoms with van der Waals surface area (Å²) < 4.78 is 3.83. The second-order valence-electron chi connectivity index (χ2n) is 5.39. The number of carbonyl (C=O) groups excluding carboxylic acids is 1. The van der Waals surface area contributed by atoms with Crippen LogP contribution in [-0.2, 0) is 25.4 Å². The minimum absolute atomic E-state index is 0. The number of piperazine rings is 1. The van der Waals surface area contributed by atoms with Gasteiger partial charge >= 0.3 is 5.69 Å². The van der Waals surface area contributed by atoms with Crippen LogP contribution >= 0.6 is 12.4 Å². The van der Waals surface area contributed by atoms with Crippen molar-refractivity contribution in [1.29, 1.82) is 0 Å². The number of aromatic nitrogens is 4. The van der Waals surface area contributed by atoms with E-state index in [1.165, 1.54) is 10.9 Å². The van der Waals surface area contributed by atoms with Crippen molar-refractivity contribution in [2.45, 2.75) is 6.54 Å². The molecule has 1 saturated heterocycles. The maximum Gasteiger partial charge on any atom is 0.332 e. The number of hydrogen-bond donors (Lipinski definition) is 1. The minimum atomic E-state index is -0.528. The average Bonchev–Trinajstić information content (AvgIpc) is 2.92. The van der Waals surface area contributed by atoms with Gasteiger partial charge in [-0.15, -0.1) is 12.4 Å². The Labute approximate surface area is 137 Å². The van der Waals surface area contributed by atoms with Crippen molar-refractivity contribution in [2.24, 2.45) is 14.1 Å². The normalized spacial score (nSPS) is 14.8. The summed E-state index contributed by atoms with van der Waals surface area (Å²) in [5, 5.41) is 3.15. The summed E-state index contributed by atoms with van der Waals surface area (Å²) in [6.45, 7) is 2.37. The summed E-state index contributed by atoms with van der Waals surface area (Å²) in [4.78, 5) is 42.9. The number of nitrogens with one attached hydrogen (secondary N) is 1. The molecule has 9 nitrogen and oxygen atoms in total. The Bertz CT molecular complexity index is 846. The van der Waals surface area contributed by atoms with E-state index in [1.807, 2.05) is 0 Å². The number of imidazole rings is 1. The monoisotopic (exact) mass is 342 g/mol. The van der Waals surface area contributed by atoms with Gasteiger partial charge in [-0.2, -0.15) is 0 Å². The van der Waals surface area contributed by atoms with Crippen molar-refractivity contribution in [1.82, 2.24) is 28.9 Å². The second kappa shape index (κ2) is 6.55. The molecule has 0 aromatic carbocycles. The maximum absolute atomic E-state index is 12.5. The predicted molar refractivity (Wildman–Crippen MR) is 86.9 cm³/mol. The summed E-state index contributed by atoms with van der Waals surface area (Å²) in [7, 11) is 3.23. The lowest BCUT2D eigenvalue weighted by molar-refractivity contribution is -0.132. The van der Waals surface area contributed by atoms with Crippen LogP contribution in [-0.4, -0.2) is 55.7 Å². The van der Waals surface area contributed by atoms with Gasteiger partial charge in [-0.1, -0.05) is 0 Å². The van der Waals surface area contributed by atoms with E-state index in [1.54, 1.807) is 23.6 Å².